The van der Waals surface area contributed by atoms with E-state index in [0.717, 1.165) is 12.2 Å². The average Bonchev–Trinajstić information content (AvgIpc) is 2.20. The zero-order chi connectivity index (χ0) is 10.7. The van der Waals surface area contributed by atoms with Crippen LogP contribution in [-0.2, 0) is 4.74 Å². The average molecular weight is 182 g/mol. The van der Waals surface area contributed by atoms with Crippen LogP contribution in [0, 0.1) is 17.8 Å². The monoisotopic (exact) mass is 182 g/mol. The number of hydrogen-bond donors (Lipinski definition) is 0. The molecule has 0 aliphatic heterocycles. The predicted molar refractivity (Wildman–Crippen MR) is 59.3 cm³/mol. The minimum absolute atomic E-state index is 0.347. The summed E-state index contributed by atoms with van der Waals surface area (Å²) in [4.78, 5) is 0. The van der Waals surface area contributed by atoms with Crippen molar-refractivity contribution in [1.82, 2.24) is 0 Å². The molecule has 0 rings (SSSR count). The third kappa shape index (κ3) is 9.01. The maximum absolute atomic E-state index is 5.02. The van der Waals surface area contributed by atoms with Crippen LogP contribution in [0.2, 0.25) is 0 Å². The number of allylic oxidation sites excluding steroid dienone is 2. The quantitative estimate of drug-likeness (QED) is 0.478. The maximum Gasteiger partial charge on any atom is 0.0897 e. The van der Waals surface area contributed by atoms with Crippen molar-refractivity contribution in [2.45, 2.75) is 41.0 Å². The van der Waals surface area contributed by atoms with Crippen molar-refractivity contribution in [3.05, 3.63) is 11.8 Å². The second-order valence-corrected chi connectivity index (χ2v) is 2.39. The molecule has 0 radical (unpaired) electrons. The maximum atomic E-state index is 5.02. The number of methoxy groups -OCH3 is 1. The van der Waals surface area contributed by atoms with Crippen LogP contribution in [-0.4, -0.2) is 7.11 Å². The van der Waals surface area contributed by atoms with Gasteiger partial charge in [0.25, 0.3) is 0 Å². The van der Waals surface area contributed by atoms with Gasteiger partial charge in [-0.1, -0.05) is 26.7 Å². The molecule has 0 bridgehead atoms. The molecule has 1 heteroatoms. The van der Waals surface area contributed by atoms with Crippen molar-refractivity contribution in [2.75, 3.05) is 7.11 Å². The molecule has 0 heterocycles. The SMILES string of the molecule is CC.CC#CC(/C=C(\C)OC)CC. The lowest BCUT2D eigenvalue weighted by molar-refractivity contribution is 0.290. The number of ether oxygens (including phenoxy) is 1. The van der Waals surface area contributed by atoms with Crippen molar-refractivity contribution in [1.29, 1.82) is 0 Å². The normalized spacial score (nSPS) is 11.7. The van der Waals surface area contributed by atoms with E-state index in [9.17, 15) is 0 Å². The predicted octanol–water partition coefficient (Wildman–Crippen LogP) is 3.61. The summed E-state index contributed by atoms with van der Waals surface area (Å²) in [5, 5.41) is 0. The lowest BCUT2D eigenvalue weighted by Gasteiger charge is -2.03. The van der Waals surface area contributed by atoms with Crippen LogP contribution >= 0.6 is 0 Å². The van der Waals surface area contributed by atoms with E-state index in [4.69, 9.17) is 4.74 Å². The molecule has 76 valence electrons. The fraction of sp³-hybridized carbons (Fsp3) is 0.667. The van der Waals surface area contributed by atoms with Gasteiger partial charge >= 0.3 is 0 Å². The largest absolute Gasteiger partial charge is 0.502 e. The molecule has 0 aliphatic rings. The van der Waals surface area contributed by atoms with Gasteiger partial charge in [0.2, 0.25) is 0 Å². The number of rotatable bonds is 3. The summed E-state index contributed by atoms with van der Waals surface area (Å²) in [6, 6.07) is 0. The van der Waals surface area contributed by atoms with Gasteiger partial charge in [-0.25, -0.2) is 0 Å². The van der Waals surface area contributed by atoms with Gasteiger partial charge in [-0.05, 0) is 26.3 Å². The fourth-order valence-electron chi connectivity index (χ4n) is 0.798. The van der Waals surface area contributed by atoms with Crippen molar-refractivity contribution < 1.29 is 4.74 Å². The van der Waals surface area contributed by atoms with Gasteiger partial charge in [-0.2, -0.15) is 0 Å². The molecule has 1 nitrogen and oxygen atoms in total. The van der Waals surface area contributed by atoms with Crippen LogP contribution in [0.1, 0.15) is 41.0 Å². The summed E-state index contributed by atoms with van der Waals surface area (Å²) in [5.41, 5.74) is 0. The van der Waals surface area contributed by atoms with Crippen LogP contribution < -0.4 is 0 Å². The van der Waals surface area contributed by atoms with Gasteiger partial charge in [-0.15, -0.1) is 5.92 Å². The van der Waals surface area contributed by atoms with E-state index in [2.05, 4.69) is 24.8 Å². The van der Waals surface area contributed by atoms with E-state index in [0.29, 0.717) is 5.92 Å². The Bertz CT molecular complexity index is 181. The van der Waals surface area contributed by atoms with Gasteiger partial charge in [0, 0.05) is 5.92 Å². The van der Waals surface area contributed by atoms with Gasteiger partial charge < -0.3 is 4.74 Å². The molecular formula is C12H22O. The van der Waals surface area contributed by atoms with E-state index in [-0.39, 0.29) is 0 Å². The molecule has 0 aromatic rings. The zero-order valence-corrected chi connectivity index (χ0v) is 9.77. The highest BCUT2D eigenvalue weighted by Crippen LogP contribution is 2.06. The molecule has 1 atom stereocenters. The van der Waals surface area contributed by atoms with Gasteiger partial charge in [0.05, 0.1) is 12.9 Å². The fourth-order valence-corrected chi connectivity index (χ4v) is 0.798. The van der Waals surface area contributed by atoms with Crippen LogP contribution in [0.4, 0.5) is 0 Å². The lowest BCUT2D eigenvalue weighted by Crippen LogP contribution is -1.92. The van der Waals surface area contributed by atoms with Crippen LogP contribution in [0.5, 0.6) is 0 Å². The Balaban J connectivity index is 0. The van der Waals surface area contributed by atoms with Crippen molar-refractivity contribution in [2.24, 2.45) is 5.92 Å². The molecular weight excluding hydrogens is 160 g/mol. The van der Waals surface area contributed by atoms with E-state index < -0.39 is 0 Å². The van der Waals surface area contributed by atoms with E-state index in [1.807, 2.05) is 27.7 Å². The third-order valence-corrected chi connectivity index (χ3v) is 1.53. The molecule has 0 fully saturated rings. The van der Waals surface area contributed by atoms with Crippen molar-refractivity contribution >= 4 is 0 Å². The Labute approximate surface area is 83.2 Å². The second-order valence-electron chi connectivity index (χ2n) is 2.39. The topological polar surface area (TPSA) is 9.23 Å². The number of hydrogen-bond acceptors (Lipinski definition) is 1. The Hall–Kier alpha value is -0.900. The molecule has 0 aliphatic carbocycles. The Kier molecular flexibility index (Phi) is 12.5. The molecule has 0 spiro atoms. The summed E-state index contributed by atoms with van der Waals surface area (Å²) in [6.07, 6.45) is 3.10. The minimum Gasteiger partial charge on any atom is -0.502 e. The summed E-state index contributed by atoms with van der Waals surface area (Å²) in [6.45, 7) is 9.92. The van der Waals surface area contributed by atoms with E-state index in [1.54, 1.807) is 7.11 Å². The first kappa shape index (κ1) is 14.6. The minimum atomic E-state index is 0.347. The summed E-state index contributed by atoms with van der Waals surface area (Å²) >= 11 is 0. The van der Waals surface area contributed by atoms with Crippen LogP contribution in [0.15, 0.2) is 11.8 Å². The Morgan fingerprint density at radius 3 is 2.31 bits per heavy atom. The first-order valence-corrected chi connectivity index (χ1v) is 4.89. The molecule has 0 saturated carbocycles. The smallest absolute Gasteiger partial charge is 0.0897 e. The lowest BCUT2D eigenvalue weighted by atomic mass is 10.1. The van der Waals surface area contributed by atoms with Crippen molar-refractivity contribution in [3.8, 4) is 11.8 Å². The highest BCUT2D eigenvalue weighted by molar-refractivity contribution is 5.10. The highest BCUT2D eigenvalue weighted by Gasteiger charge is 1.97. The Morgan fingerprint density at radius 2 is 2.00 bits per heavy atom. The third-order valence-electron chi connectivity index (χ3n) is 1.53. The van der Waals surface area contributed by atoms with Crippen LogP contribution in [0.3, 0.4) is 0 Å². The standard InChI is InChI=1S/C10H16O.C2H6/c1-5-7-10(6-2)8-9(3)11-4;1-2/h8,10H,6H2,1-4H3;1-2H3/b9-8+;. The Morgan fingerprint density at radius 1 is 1.46 bits per heavy atom. The molecule has 0 aromatic heterocycles. The first-order chi connectivity index (χ1) is 6.24. The summed E-state index contributed by atoms with van der Waals surface area (Å²) in [5.74, 6) is 7.28. The summed E-state index contributed by atoms with van der Waals surface area (Å²) < 4.78 is 5.02. The molecule has 0 N–H and O–H groups in total. The summed E-state index contributed by atoms with van der Waals surface area (Å²) in [7, 11) is 1.68. The zero-order valence-electron chi connectivity index (χ0n) is 9.77. The molecule has 0 saturated heterocycles. The molecule has 1 unspecified atom stereocenters. The molecule has 0 aromatic carbocycles. The van der Waals surface area contributed by atoms with E-state index in [1.165, 1.54) is 0 Å². The molecule has 0 amide bonds. The van der Waals surface area contributed by atoms with Crippen LogP contribution in [0.25, 0.3) is 0 Å². The second kappa shape index (κ2) is 11.1. The molecule has 13 heavy (non-hydrogen) atoms. The van der Waals surface area contributed by atoms with Gasteiger partial charge in [0.15, 0.2) is 0 Å². The first-order valence-electron chi connectivity index (χ1n) is 4.89. The van der Waals surface area contributed by atoms with Crippen molar-refractivity contribution in [3.63, 3.8) is 0 Å². The highest BCUT2D eigenvalue weighted by atomic mass is 16.5. The van der Waals surface area contributed by atoms with Gasteiger partial charge in [0.1, 0.15) is 0 Å². The van der Waals surface area contributed by atoms with Gasteiger partial charge in [-0.3, -0.25) is 0 Å². The van der Waals surface area contributed by atoms with E-state index >= 15 is 0 Å².